The van der Waals surface area contributed by atoms with Gasteiger partial charge in [-0.3, -0.25) is 9.59 Å². The molecule has 1 atom stereocenters. The van der Waals surface area contributed by atoms with Crippen molar-refractivity contribution in [2.75, 3.05) is 6.54 Å². The van der Waals surface area contributed by atoms with E-state index in [9.17, 15) is 18.0 Å². The van der Waals surface area contributed by atoms with E-state index in [0.717, 1.165) is 31.2 Å². The first-order chi connectivity index (χ1) is 13.9. The zero-order chi connectivity index (χ0) is 20.9. The molecule has 7 nitrogen and oxygen atoms in total. The highest BCUT2D eigenvalue weighted by Gasteiger charge is 2.21. The van der Waals surface area contributed by atoms with E-state index in [4.69, 9.17) is 5.73 Å². The van der Waals surface area contributed by atoms with Crippen molar-refractivity contribution in [2.45, 2.75) is 43.0 Å². The molecule has 3 rings (SSSR count). The number of primary amides is 1. The van der Waals surface area contributed by atoms with Gasteiger partial charge in [0.15, 0.2) is 0 Å². The van der Waals surface area contributed by atoms with E-state index in [2.05, 4.69) is 10.0 Å². The molecular formula is C21H25N3O4S. The summed E-state index contributed by atoms with van der Waals surface area (Å²) in [6.45, 7) is -0.0779. The second-order valence-electron chi connectivity index (χ2n) is 7.10. The number of sulfonamides is 1. The van der Waals surface area contributed by atoms with E-state index >= 15 is 0 Å². The number of aryl methyl sites for hydroxylation is 2. The Bertz CT molecular complexity index is 990. The van der Waals surface area contributed by atoms with Crippen LogP contribution in [0.2, 0.25) is 0 Å². The molecule has 1 aliphatic carbocycles. The molecule has 0 radical (unpaired) electrons. The number of rotatable bonds is 8. The molecule has 4 N–H and O–H groups in total. The molecule has 2 aromatic carbocycles. The topological polar surface area (TPSA) is 118 Å². The van der Waals surface area contributed by atoms with Gasteiger partial charge in [-0.2, -0.15) is 0 Å². The predicted octanol–water partition coefficient (Wildman–Crippen LogP) is 1.58. The van der Waals surface area contributed by atoms with Crippen LogP contribution in [0.3, 0.4) is 0 Å². The number of fused-ring (bicyclic) bond motifs is 1. The first-order valence-electron chi connectivity index (χ1n) is 9.62. The zero-order valence-electron chi connectivity index (χ0n) is 16.1. The minimum Gasteiger partial charge on any atom is -0.368 e. The number of nitrogens with one attached hydrogen (secondary N) is 2. The van der Waals surface area contributed by atoms with Gasteiger partial charge in [0.2, 0.25) is 21.8 Å². The number of nitrogens with two attached hydrogens (primary N) is 1. The van der Waals surface area contributed by atoms with Gasteiger partial charge in [-0.1, -0.05) is 36.4 Å². The lowest BCUT2D eigenvalue weighted by molar-refractivity contribution is -0.127. The van der Waals surface area contributed by atoms with Crippen molar-refractivity contribution in [2.24, 2.45) is 5.73 Å². The highest BCUT2D eigenvalue weighted by atomic mass is 32.2. The summed E-state index contributed by atoms with van der Waals surface area (Å²) in [4.78, 5) is 24.1. The molecule has 0 aliphatic heterocycles. The van der Waals surface area contributed by atoms with Crippen LogP contribution in [-0.2, 0) is 32.5 Å². The third kappa shape index (κ3) is 5.42. The van der Waals surface area contributed by atoms with E-state index in [1.165, 1.54) is 5.56 Å². The van der Waals surface area contributed by atoms with Crippen LogP contribution in [-0.4, -0.2) is 26.8 Å². The van der Waals surface area contributed by atoms with Gasteiger partial charge < -0.3 is 11.1 Å². The van der Waals surface area contributed by atoms with Gasteiger partial charge in [0.25, 0.3) is 0 Å². The maximum Gasteiger partial charge on any atom is 0.244 e. The van der Waals surface area contributed by atoms with Crippen molar-refractivity contribution in [1.29, 1.82) is 0 Å². The molecule has 8 heteroatoms. The third-order valence-corrected chi connectivity index (χ3v) is 6.46. The van der Waals surface area contributed by atoms with Crippen molar-refractivity contribution in [3.8, 4) is 0 Å². The van der Waals surface area contributed by atoms with E-state index < -0.39 is 27.9 Å². The Labute approximate surface area is 170 Å². The first kappa shape index (κ1) is 21.0. The maximum absolute atomic E-state index is 12.5. The van der Waals surface area contributed by atoms with Crippen molar-refractivity contribution in [1.82, 2.24) is 10.0 Å². The molecule has 1 aliphatic rings. The summed E-state index contributed by atoms with van der Waals surface area (Å²) in [7, 11) is -3.71. The van der Waals surface area contributed by atoms with Crippen LogP contribution in [0.25, 0.3) is 0 Å². The summed E-state index contributed by atoms with van der Waals surface area (Å²) in [5, 5.41) is 2.55. The highest BCUT2D eigenvalue weighted by molar-refractivity contribution is 7.89. The average Bonchev–Trinajstić information content (AvgIpc) is 2.72. The molecule has 154 valence electrons. The Morgan fingerprint density at radius 3 is 2.38 bits per heavy atom. The maximum atomic E-state index is 12.5. The number of carbonyl (C=O) groups excluding carboxylic acids is 2. The molecular weight excluding hydrogens is 390 g/mol. The van der Waals surface area contributed by atoms with Crippen molar-refractivity contribution in [3.05, 3.63) is 65.2 Å². The Hall–Kier alpha value is -2.71. The van der Waals surface area contributed by atoms with Gasteiger partial charge in [-0.15, -0.1) is 0 Å². The van der Waals surface area contributed by atoms with Gasteiger partial charge in [-0.05, 0) is 54.5 Å². The lowest BCUT2D eigenvalue weighted by Gasteiger charge is -2.17. The molecule has 1 unspecified atom stereocenters. The zero-order valence-corrected chi connectivity index (χ0v) is 16.9. The summed E-state index contributed by atoms with van der Waals surface area (Å²) >= 11 is 0. The van der Waals surface area contributed by atoms with Gasteiger partial charge >= 0.3 is 0 Å². The normalized spacial score (nSPS) is 14.6. The van der Waals surface area contributed by atoms with Crippen LogP contribution in [0.1, 0.15) is 42.0 Å². The molecule has 0 heterocycles. The number of benzene rings is 2. The smallest absolute Gasteiger partial charge is 0.244 e. The number of amides is 2. The summed E-state index contributed by atoms with van der Waals surface area (Å²) < 4.78 is 27.5. The highest BCUT2D eigenvalue weighted by Crippen LogP contribution is 2.24. The van der Waals surface area contributed by atoms with Gasteiger partial charge in [0, 0.05) is 13.0 Å². The monoisotopic (exact) mass is 415 g/mol. The van der Waals surface area contributed by atoms with Crippen LogP contribution in [0.4, 0.5) is 0 Å². The summed E-state index contributed by atoms with van der Waals surface area (Å²) in [6.07, 6.45) is 3.94. The Kier molecular flexibility index (Phi) is 6.66. The lowest BCUT2D eigenvalue weighted by Crippen LogP contribution is -2.39. The standard InChI is InChI=1S/C21H25N3O4S/c22-21(26)20(16-7-2-1-3-8-16)24-19(25)12-13-23-29(27,28)18-11-10-15-6-4-5-9-17(15)14-18/h1-3,7-8,10-11,14,20,23H,4-6,9,12-13H2,(H2,22,26)(H,24,25). The Morgan fingerprint density at radius 1 is 1.00 bits per heavy atom. The van der Waals surface area contributed by atoms with Crippen molar-refractivity contribution < 1.29 is 18.0 Å². The van der Waals surface area contributed by atoms with E-state index in [-0.39, 0.29) is 17.9 Å². The lowest BCUT2D eigenvalue weighted by atomic mass is 9.92. The van der Waals surface area contributed by atoms with Crippen molar-refractivity contribution in [3.63, 3.8) is 0 Å². The fourth-order valence-electron chi connectivity index (χ4n) is 3.46. The number of hydrogen-bond acceptors (Lipinski definition) is 4. The molecule has 0 saturated heterocycles. The van der Waals surface area contributed by atoms with Crippen LogP contribution in [0, 0.1) is 0 Å². The van der Waals surface area contributed by atoms with Crippen LogP contribution < -0.4 is 15.8 Å². The molecule has 0 fully saturated rings. The molecule has 29 heavy (non-hydrogen) atoms. The SMILES string of the molecule is NC(=O)C(NC(=O)CCNS(=O)(=O)c1ccc2c(c1)CCCC2)c1ccccc1. The molecule has 0 aromatic heterocycles. The molecule has 2 aromatic rings. The van der Waals surface area contributed by atoms with Gasteiger partial charge in [0.05, 0.1) is 4.90 Å². The quantitative estimate of drug-likeness (QED) is 0.606. The fourth-order valence-corrected chi connectivity index (χ4v) is 4.54. The summed E-state index contributed by atoms with van der Waals surface area (Å²) in [6, 6.07) is 12.9. The van der Waals surface area contributed by atoms with E-state index in [1.54, 1.807) is 42.5 Å². The van der Waals surface area contributed by atoms with Crippen molar-refractivity contribution >= 4 is 21.8 Å². The fraction of sp³-hybridized carbons (Fsp3) is 0.333. The van der Waals surface area contributed by atoms with Crippen LogP contribution in [0.5, 0.6) is 0 Å². The van der Waals surface area contributed by atoms with Crippen LogP contribution >= 0.6 is 0 Å². The summed E-state index contributed by atoms with van der Waals surface area (Å²) in [5.41, 5.74) is 8.23. The molecule has 0 spiro atoms. The minimum atomic E-state index is -3.71. The Balaban J connectivity index is 1.57. The largest absolute Gasteiger partial charge is 0.368 e. The summed E-state index contributed by atoms with van der Waals surface area (Å²) in [5.74, 6) is -1.15. The van der Waals surface area contributed by atoms with E-state index in [0.29, 0.717) is 5.56 Å². The predicted molar refractivity (Wildman–Crippen MR) is 109 cm³/mol. The first-order valence-corrected chi connectivity index (χ1v) is 11.1. The van der Waals surface area contributed by atoms with Gasteiger partial charge in [0.1, 0.15) is 6.04 Å². The molecule has 0 saturated carbocycles. The molecule has 0 bridgehead atoms. The second-order valence-corrected chi connectivity index (χ2v) is 8.87. The minimum absolute atomic E-state index is 0.0779. The third-order valence-electron chi connectivity index (χ3n) is 5.00. The average molecular weight is 416 g/mol. The Morgan fingerprint density at radius 2 is 1.69 bits per heavy atom. The number of hydrogen-bond donors (Lipinski definition) is 3. The number of carbonyl (C=O) groups is 2. The van der Waals surface area contributed by atoms with Gasteiger partial charge in [-0.25, -0.2) is 13.1 Å². The van der Waals surface area contributed by atoms with Crippen LogP contribution in [0.15, 0.2) is 53.4 Å². The molecule has 2 amide bonds. The second kappa shape index (κ2) is 9.19. The van der Waals surface area contributed by atoms with E-state index in [1.807, 2.05) is 6.07 Å².